The fourth-order valence-electron chi connectivity index (χ4n) is 2.71. The minimum absolute atomic E-state index is 0.155. The summed E-state index contributed by atoms with van der Waals surface area (Å²) >= 11 is 6.25. The van der Waals surface area contributed by atoms with E-state index in [-0.39, 0.29) is 26.4 Å². The molecule has 0 spiro atoms. The van der Waals surface area contributed by atoms with Gasteiger partial charge in [0, 0.05) is 10.7 Å². The topological polar surface area (TPSA) is 112 Å². The van der Waals surface area contributed by atoms with Crippen molar-refractivity contribution in [3.05, 3.63) is 0 Å². The molecule has 0 fully saturated rings. The summed E-state index contributed by atoms with van der Waals surface area (Å²) in [4.78, 5) is 18.7. The van der Waals surface area contributed by atoms with Crippen LogP contribution in [0.5, 0.6) is 0 Å². The SMILES string of the molecule is O=P(O)(OCCBr)OCCCCCCCCCCCCCCOP(=O)(O)OCCBr. The molecule has 0 aliphatic rings. The molecule has 0 radical (unpaired) electrons. The van der Waals surface area contributed by atoms with Gasteiger partial charge in [-0.3, -0.25) is 18.1 Å². The van der Waals surface area contributed by atoms with Gasteiger partial charge in [-0.25, -0.2) is 9.13 Å². The summed E-state index contributed by atoms with van der Waals surface area (Å²) < 4.78 is 42.1. The Morgan fingerprint density at radius 1 is 0.467 bits per heavy atom. The van der Waals surface area contributed by atoms with Crippen LogP contribution in [0.15, 0.2) is 0 Å². The Morgan fingerprint density at radius 3 is 0.967 bits per heavy atom. The van der Waals surface area contributed by atoms with E-state index in [1.54, 1.807) is 0 Å². The number of halogens is 2. The average Bonchev–Trinajstić information content (AvgIpc) is 2.70. The molecule has 0 aliphatic heterocycles. The lowest BCUT2D eigenvalue weighted by atomic mass is 10.1. The van der Waals surface area contributed by atoms with Crippen LogP contribution in [0.3, 0.4) is 0 Å². The first-order chi connectivity index (χ1) is 14.3. The summed E-state index contributed by atoms with van der Waals surface area (Å²) in [5, 5.41) is 0.997. The van der Waals surface area contributed by atoms with Crippen molar-refractivity contribution >= 4 is 47.5 Å². The van der Waals surface area contributed by atoms with Gasteiger partial charge in [0.15, 0.2) is 0 Å². The van der Waals surface area contributed by atoms with Crippen LogP contribution < -0.4 is 0 Å². The zero-order chi connectivity index (χ0) is 22.6. The number of rotatable bonds is 23. The Balaban J connectivity index is 3.28. The van der Waals surface area contributed by atoms with Gasteiger partial charge in [0.1, 0.15) is 0 Å². The van der Waals surface area contributed by atoms with Gasteiger partial charge in [-0.15, -0.1) is 0 Å². The number of alkyl halides is 2. The van der Waals surface area contributed by atoms with Gasteiger partial charge in [-0.2, -0.15) is 0 Å². The molecule has 8 nitrogen and oxygen atoms in total. The van der Waals surface area contributed by atoms with E-state index in [1.165, 1.54) is 38.5 Å². The second-order valence-corrected chi connectivity index (χ2v) is 11.4. The lowest BCUT2D eigenvalue weighted by Crippen LogP contribution is -1.99. The summed E-state index contributed by atoms with van der Waals surface area (Å²) in [5.74, 6) is 0. The molecule has 0 saturated carbocycles. The van der Waals surface area contributed by atoms with Crippen molar-refractivity contribution < 1.29 is 37.0 Å². The molecule has 0 aromatic rings. The van der Waals surface area contributed by atoms with Crippen molar-refractivity contribution in [2.75, 3.05) is 37.1 Å². The predicted molar refractivity (Wildman–Crippen MR) is 126 cm³/mol. The molecule has 0 rings (SSSR count). The minimum atomic E-state index is -3.88. The Hall–Kier alpha value is 1.18. The smallest absolute Gasteiger partial charge is 0.302 e. The van der Waals surface area contributed by atoms with Crippen LogP contribution >= 0.6 is 47.5 Å². The molecule has 0 heterocycles. The van der Waals surface area contributed by atoms with Crippen LogP contribution in [0.4, 0.5) is 0 Å². The highest BCUT2D eigenvalue weighted by atomic mass is 79.9. The van der Waals surface area contributed by atoms with Crippen LogP contribution in [0.1, 0.15) is 77.0 Å². The molecule has 0 aromatic heterocycles. The first-order valence-corrected chi connectivity index (χ1v) is 15.9. The van der Waals surface area contributed by atoms with Gasteiger partial charge in [0.2, 0.25) is 0 Å². The molecular formula is C18H38Br2O8P2. The summed E-state index contributed by atoms with van der Waals surface area (Å²) in [6, 6.07) is 0. The van der Waals surface area contributed by atoms with Gasteiger partial charge in [-0.1, -0.05) is 96.1 Å². The fourth-order valence-corrected chi connectivity index (χ4v) is 5.04. The standard InChI is InChI=1S/C18H38Br2O8P2/c19-13-17-27-29(21,22)25-15-11-9-7-5-3-1-2-4-6-8-10-12-16-26-30(23,24)28-18-14-20/h1-18H2,(H,21,22)(H,23,24). The molecule has 0 amide bonds. The Bertz CT molecular complexity index is 443. The first kappa shape index (κ1) is 31.2. The maximum absolute atomic E-state index is 11.4. The zero-order valence-electron chi connectivity index (χ0n) is 17.7. The van der Waals surface area contributed by atoms with Gasteiger partial charge in [-0.05, 0) is 12.8 Å². The van der Waals surface area contributed by atoms with E-state index < -0.39 is 15.6 Å². The van der Waals surface area contributed by atoms with Crippen LogP contribution in [0.25, 0.3) is 0 Å². The number of unbranched alkanes of at least 4 members (excludes halogenated alkanes) is 11. The summed E-state index contributed by atoms with van der Waals surface area (Å²) in [7, 11) is -7.75. The molecule has 2 atom stereocenters. The van der Waals surface area contributed by atoms with Crippen molar-refractivity contribution in [3.63, 3.8) is 0 Å². The number of hydrogen-bond donors (Lipinski definition) is 2. The zero-order valence-corrected chi connectivity index (χ0v) is 22.7. The highest BCUT2D eigenvalue weighted by Crippen LogP contribution is 2.43. The summed E-state index contributed by atoms with van der Waals surface area (Å²) in [6.45, 7) is 0.812. The largest absolute Gasteiger partial charge is 0.472 e. The van der Waals surface area contributed by atoms with E-state index in [4.69, 9.17) is 18.1 Å². The Morgan fingerprint density at radius 2 is 0.700 bits per heavy atom. The van der Waals surface area contributed by atoms with Crippen molar-refractivity contribution in [2.45, 2.75) is 77.0 Å². The maximum atomic E-state index is 11.4. The fraction of sp³-hybridized carbons (Fsp3) is 1.00. The highest BCUT2D eigenvalue weighted by molar-refractivity contribution is 9.09. The van der Waals surface area contributed by atoms with Crippen LogP contribution in [0.2, 0.25) is 0 Å². The molecular weight excluding hydrogens is 566 g/mol. The quantitative estimate of drug-likeness (QED) is 0.0751. The second kappa shape index (κ2) is 20.8. The van der Waals surface area contributed by atoms with E-state index in [1.807, 2.05) is 0 Å². The Kier molecular flexibility index (Phi) is 21.6. The third-order valence-electron chi connectivity index (χ3n) is 4.21. The van der Waals surface area contributed by atoms with Gasteiger partial charge in [0.05, 0.1) is 26.4 Å². The van der Waals surface area contributed by atoms with Crippen LogP contribution in [0, 0.1) is 0 Å². The van der Waals surface area contributed by atoms with Gasteiger partial charge in [0.25, 0.3) is 0 Å². The number of phosphoric acid groups is 2. The van der Waals surface area contributed by atoms with Crippen LogP contribution in [-0.2, 0) is 27.2 Å². The van der Waals surface area contributed by atoms with Gasteiger partial charge >= 0.3 is 15.6 Å². The lowest BCUT2D eigenvalue weighted by molar-refractivity contribution is 0.152. The minimum Gasteiger partial charge on any atom is -0.302 e. The van der Waals surface area contributed by atoms with E-state index in [2.05, 4.69) is 31.9 Å². The highest BCUT2D eigenvalue weighted by Gasteiger charge is 2.20. The Labute approximate surface area is 198 Å². The second-order valence-electron chi connectivity index (χ2n) is 6.89. The number of hydrogen-bond acceptors (Lipinski definition) is 6. The summed E-state index contributed by atoms with van der Waals surface area (Å²) in [5.41, 5.74) is 0. The number of phosphoric ester groups is 2. The van der Waals surface area contributed by atoms with E-state index in [0.717, 1.165) is 38.5 Å². The molecule has 30 heavy (non-hydrogen) atoms. The van der Waals surface area contributed by atoms with Gasteiger partial charge < -0.3 is 9.79 Å². The molecule has 2 N–H and O–H groups in total. The molecule has 0 saturated heterocycles. The maximum Gasteiger partial charge on any atom is 0.472 e. The molecule has 2 unspecified atom stereocenters. The average molecular weight is 604 g/mol. The molecule has 0 aliphatic carbocycles. The van der Waals surface area contributed by atoms with Crippen molar-refractivity contribution in [3.8, 4) is 0 Å². The molecule has 182 valence electrons. The summed E-state index contributed by atoms with van der Waals surface area (Å²) in [6.07, 6.45) is 12.9. The van der Waals surface area contributed by atoms with Crippen molar-refractivity contribution in [1.82, 2.24) is 0 Å². The monoisotopic (exact) mass is 602 g/mol. The lowest BCUT2D eigenvalue weighted by Gasteiger charge is -2.11. The van der Waals surface area contributed by atoms with E-state index >= 15 is 0 Å². The molecule has 12 heteroatoms. The molecule has 0 bridgehead atoms. The van der Waals surface area contributed by atoms with Crippen LogP contribution in [-0.4, -0.2) is 46.9 Å². The van der Waals surface area contributed by atoms with Crippen molar-refractivity contribution in [1.29, 1.82) is 0 Å². The van der Waals surface area contributed by atoms with E-state index in [0.29, 0.717) is 10.7 Å². The predicted octanol–water partition coefficient (Wildman–Crippen LogP) is 6.72. The first-order valence-electron chi connectivity index (χ1n) is 10.7. The third-order valence-corrected chi connectivity index (χ3v) is 6.89. The molecule has 0 aromatic carbocycles. The third kappa shape index (κ3) is 22.4. The van der Waals surface area contributed by atoms with Crippen molar-refractivity contribution in [2.24, 2.45) is 0 Å². The van der Waals surface area contributed by atoms with E-state index in [9.17, 15) is 18.9 Å². The normalized spacial score (nSPS) is 15.7.